The van der Waals surface area contributed by atoms with Gasteiger partial charge in [-0.05, 0) is 50.3 Å². The van der Waals surface area contributed by atoms with Crippen LogP contribution in [0.15, 0.2) is 34.2 Å². The molecule has 0 fully saturated rings. The maximum absolute atomic E-state index is 12.9. The minimum atomic E-state index is -0.194. The highest BCUT2D eigenvalue weighted by Gasteiger charge is 2.09. The van der Waals surface area contributed by atoms with Crippen LogP contribution >= 0.6 is 11.8 Å². The molecule has 0 atom stereocenters. The van der Waals surface area contributed by atoms with Crippen molar-refractivity contribution in [2.24, 2.45) is 12.0 Å². The molecule has 0 saturated heterocycles. The van der Waals surface area contributed by atoms with Crippen molar-refractivity contribution in [2.45, 2.75) is 31.7 Å². The number of nitrogens with one attached hydrogen (secondary N) is 2. The van der Waals surface area contributed by atoms with Crippen molar-refractivity contribution in [1.29, 1.82) is 0 Å². The summed E-state index contributed by atoms with van der Waals surface area (Å²) in [5.41, 5.74) is 3.41. The number of aliphatic imine (C=N–C) groups is 1. The molecule has 0 amide bonds. The van der Waals surface area contributed by atoms with E-state index in [1.165, 1.54) is 17.7 Å². The summed E-state index contributed by atoms with van der Waals surface area (Å²) in [6.07, 6.45) is 0.994. The molecule has 0 aliphatic heterocycles. The molecule has 25 heavy (non-hydrogen) atoms. The third-order valence-electron chi connectivity index (χ3n) is 4.01. The number of guanidine groups is 1. The molecule has 136 valence electrons. The van der Waals surface area contributed by atoms with E-state index >= 15 is 0 Å². The number of aryl methyl sites for hydroxylation is 2. The molecule has 2 aromatic rings. The van der Waals surface area contributed by atoms with Crippen LogP contribution in [-0.2, 0) is 13.6 Å². The molecular weight excluding hydrogens is 337 g/mol. The first kappa shape index (κ1) is 19.3. The molecule has 0 aliphatic carbocycles. The Kier molecular flexibility index (Phi) is 7.31. The fourth-order valence-electron chi connectivity index (χ4n) is 2.47. The number of thioether (sulfide) groups is 1. The zero-order valence-corrected chi connectivity index (χ0v) is 16.1. The normalized spacial score (nSPS) is 11.6. The first-order valence-corrected chi connectivity index (χ1v) is 9.31. The van der Waals surface area contributed by atoms with Crippen molar-refractivity contribution in [3.05, 3.63) is 47.0 Å². The van der Waals surface area contributed by atoms with Crippen LogP contribution in [0.2, 0.25) is 0 Å². The fourth-order valence-corrected chi connectivity index (χ4v) is 3.32. The lowest BCUT2D eigenvalue weighted by Gasteiger charge is -2.12. The van der Waals surface area contributed by atoms with Crippen LogP contribution in [0.25, 0.3) is 0 Å². The van der Waals surface area contributed by atoms with Crippen molar-refractivity contribution in [1.82, 2.24) is 20.4 Å². The summed E-state index contributed by atoms with van der Waals surface area (Å²) < 4.78 is 14.8. The van der Waals surface area contributed by atoms with Crippen molar-refractivity contribution in [2.75, 3.05) is 19.3 Å². The van der Waals surface area contributed by atoms with Gasteiger partial charge < -0.3 is 10.6 Å². The van der Waals surface area contributed by atoms with E-state index in [2.05, 4.69) is 27.6 Å². The standard InChI is InChI=1S/C18H26FN5S/c1-13-17(14(2)24(4)23-13)12-22-18(20-3)21-10-5-11-25-16-8-6-15(19)7-9-16/h6-9H,5,10-12H2,1-4H3,(H2,20,21,22). The first-order valence-electron chi connectivity index (χ1n) is 8.33. The van der Waals surface area contributed by atoms with Gasteiger partial charge in [-0.25, -0.2) is 4.39 Å². The molecule has 2 N–H and O–H groups in total. The average Bonchev–Trinajstić information content (AvgIpc) is 2.84. The van der Waals surface area contributed by atoms with Crippen LogP contribution in [0.5, 0.6) is 0 Å². The Hall–Kier alpha value is -2.02. The van der Waals surface area contributed by atoms with E-state index in [-0.39, 0.29) is 5.82 Å². The molecule has 1 heterocycles. The maximum atomic E-state index is 12.9. The molecule has 1 aromatic carbocycles. The van der Waals surface area contributed by atoms with Crippen LogP contribution in [0.3, 0.4) is 0 Å². The fraction of sp³-hybridized carbons (Fsp3) is 0.444. The summed E-state index contributed by atoms with van der Waals surface area (Å²) in [5.74, 6) is 1.56. The van der Waals surface area contributed by atoms with Gasteiger partial charge >= 0.3 is 0 Å². The number of aromatic nitrogens is 2. The zero-order chi connectivity index (χ0) is 18.2. The Labute approximate surface area is 153 Å². The van der Waals surface area contributed by atoms with Gasteiger partial charge in [-0.3, -0.25) is 9.67 Å². The predicted molar refractivity (Wildman–Crippen MR) is 103 cm³/mol. The molecule has 0 radical (unpaired) electrons. The number of benzene rings is 1. The van der Waals surface area contributed by atoms with Gasteiger partial charge in [-0.2, -0.15) is 5.10 Å². The largest absolute Gasteiger partial charge is 0.356 e. The lowest BCUT2D eigenvalue weighted by Crippen LogP contribution is -2.37. The van der Waals surface area contributed by atoms with Crippen LogP contribution < -0.4 is 10.6 Å². The highest BCUT2D eigenvalue weighted by molar-refractivity contribution is 7.99. The second-order valence-electron chi connectivity index (χ2n) is 5.78. The molecule has 5 nitrogen and oxygen atoms in total. The highest BCUT2D eigenvalue weighted by atomic mass is 32.2. The van der Waals surface area contributed by atoms with Gasteiger partial charge in [0, 0.05) is 43.3 Å². The number of rotatable bonds is 7. The summed E-state index contributed by atoms with van der Waals surface area (Å²) in [7, 11) is 3.73. The predicted octanol–water partition coefficient (Wildman–Crippen LogP) is 3.02. The second kappa shape index (κ2) is 9.46. The molecular formula is C18H26FN5S. The first-order chi connectivity index (χ1) is 12.0. The van der Waals surface area contributed by atoms with E-state index in [0.29, 0.717) is 6.54 Å². The molecule has 0 bridgehead atoms. The number of hydrogen-bond donors (Lipinski definition) is 2. The lowest BCUT2D eigenvalue weighted by atomic mass is 10.2. The van der Waals surface area contributed by atoms with Crippen molar-refractivity contribution in [3.63, 3.8) is 0 Å². The molecule has 0 spiro atoms. The van der Waals surface area contributed by atoms with E-state index in [0.717, 1.165) is 41.0 Å². The third-order valence-corrected chi connectivity index (χ3v) is 5.11. The van der Waals surface area contributed by atoms with Gasteiger partial charge in [0.25, 0.3) is 0 Å². The number of hydrogen-bond acceptors (Lipinski definition) is 3. The average molecular weight is 364 g/mol. The third kappa shape index (κ3) is 5.77. The SMILES string of the molecule is CN=C(NCCCSc1ccc(F)cc1)NCc1c(C)nn(C)c1C. The maximum Gasteiger partial charge on any atom is 0.191 e. The number of nitrogens with zero attached hydrogens (tertiary/aromatic N) is 3. The smallest absolute Gasteiger partial charge is 0.191 e. The van der Waals surface area contributed by atoms with Crippen LogP contribution in [0.4, 0.5) is 4.39 Å². The lowest BCUT2D eigenvalue weighted by molar-refractivity contribution is 0.626. The molecule has 1 aromatic heterocycles. The Morgan fingerprint density at radius 3 is 2.56 bits per heavy atom. The molecule has 2 rings (SSSR count). The van der Waals surface area contributed by atoms with Gasteiger partial charge in [-0.15, -0.1) is 11.8 Å². The van der Waals surface area contributed by atoms with Gasteiger partial charge in [0.05, 0.1) is 5.69 Å². The van der Waals surface area contributed by atoms with Crippen LogP contribution in [-0.4, -0.2) is 35.1 Å². The number of halogens is 1. The van der Waals surface area contributed by atoms with E-state index in [1.54, 1.807) is 18.8 Å². The summed E-state index contributed by atoms with van der Waals surface area (Å²) >= 11 is 1.73. The summed E-state index contributed by atoms with van der Waals surface area (Å²) in [5, 5.41) is 11.1. The van der Waals surface area contributed by atoms with E-state index in [4.69, 9.17) is 0 Å². The summed E-state index contributed by atoms with van der Waals surface area (Å²) in [4.78, 5) is 5.34. The van der Waals surface area contributed by atoms with Gasteiger partial charge in [0.1, 0.15) is 5.82 Å². The monoisotopic (exact) mass is 363 g/mol. The minimum Gasteiger partial charge on any atom is -0.356 e. The van der Waals surface area contributed by atoms with Gasteiger partial charge in [0.2, 0.25) is 0 Å². The zero-order valence-electron chi connectivity index (χ0n) is 15.3. The Bertz CT molecular complexity index is 709. The minimum absolute atomic E-state index is 0.194. The van der Waals surface area contributed by atoms with Crippen LogP contribution in [0.1, 0.15) is 23.4 Å². The Morgan fingerprint density at radius 1 is 1.24 bits per heavy atom. The van der Waals surface area contributed by atoms with E-state index in [1.807, 2.05) is 30.8 Å². The quantitative estimate of drug-likeness (QED) is 0.344. The Morgan fingerprint density at radius 2 is 1.96 bits per heavy atom. The summed E-state index contributed by atoms with van der Waals surface area (Å²) in [6.45, 7) is 5.63. The van der Waals surface area contributed by atoms with Crippen molar-refractivity contribution >= 4 is 17.7 Å². The van der Waals surface area contributed by atoms with E-state index in [9.17, 15) is 4.39 Å². The topological polar surface area (TPSA) is 54.2 Å². The van der Waals surface area contributed by atoms with Crippen LogP contribution in [0, 0.1) is 19.7 Å². The Balaban J connectivity index is 1.69. The van der Waals surface area contributed by atoms with Crippen molar-refractivity contribution < 1.29 is 4.39 Å². The molecule has 0 unspecified atom stereocenters. The molecule has 7 heteroatoms. The van der Waals surface area contributed by atoms with E-state index < -0.39 is 0 Å². The highest BCUT2D eigenvalue weighted by Crippen LogP contribution is 2.18. The van der Waals surface area contributed by atoms with Crippen molar-refractivity contribution in [3.8, 4) is 0 Å². The molecule has 0 saturated carbocycles. The molecule has 0 aliphatic rings. The second-order valence-corrected chi connectivity index (χ2v) is 6.95. The van der Waals surface area contributed by atoms with Gasteiger partial charge in [-0.1, -0.05) is 0 Å². The summed E-state index contributed by atoms with van der Waals surface area (Å²) in [6, 6.07) is 6.61. The van der Waals surface area contributed by atoms with Gasteiger partial charge in [0.15, 0.2) is 5.96 Å².